The molecule has 4 heteroatoms. The molecule has 0 spiro atoms. The number of nitrogens with one attached hydrogen (secondary N) is 2. The molecule has 0 amide bonds. The van der Waals surface area contributed by atoms with Crippen molar-refractivity contribution in [1.82, 2.24) is 10.6 Å². The van der Waals surface area contributed by atoms with Crippen molar-refractivity contribution in [1.29, 1.82) is 0 Å². The van der Waals surface area contributed by atoms with Crippen LogP contribution >= 0.6 is 12.2 Å². The molecule has 0 radical (unpaired) electrons. The zero-order chi connectivity index (χ0) is 14.5. The third-order valence-corrected chi connectivity index (χ3v) is 4.38. The molecule has 2 rings (SSSR count). The van der Waals surface area contributed by atoms with Crippen molar-refractivity contribution < 1.29 is 4.39 Å². The Bertz CT molecular complexity index is 446. The molecule has 20 heavy (non-hydrogen) atoms. The lowest BCUT2D eigenvalue weighted by Crippen LogP contribution is -2.46. The fraction of sp³-hybridized carbons (Fsp3) is 0.562. The maximum atomic E-state index is 12.9. The molecular weight excluding hydrogens is 271 g/mol. The molecule has 0 saturated heterocycles. The first kappa shape index (κ1) is 15.2. The van der Waals surface area contributed by atoms with Crippen LogP contribution in [0.2, 0.25) is 0 Å². The summed E-state index contributed by atoms with van der Waals surface area (Å²) in [4.78, 5) is 0. The van der Waals surface area contributed by atoms with Crippen molar-refractivity contribution >= 4 is 17.3 Å². The van der Waals surface area contributed by atoms with Crippen LogP contribution in [-0.4, -0.2) is 11.2 Å². The maximum absolute atomic E-state index is 12.9. The molecule has 1 aliphatic rings. The second-order valence-corrected chi connectivity index (χ2v) is 6.17. The molecule has 0 heterocycles. The smallest absolute Gasteiger partial charge is 0.166 e. The summed E-state index contributed by atoms with van der Waals surface area (Å²) in [6.45, 7) is 4.31. The summed E-state index contributed by atoms with van der Waals surface area (Å²) in [6.07, 6.45) is 5.06. The first-order chi connectivity index (χ1) is 9.56. The number of halogens is 1. The average molecular weight is 294 g/mol. The highest BCUT2D eigenvalue weighted by molar-refractivity contribution is 7.80. The molecule has 1 aromatic rings. The Labute approximate surface area is 126 Å². The van der Waals surface area contributed by atoms with Crippen molar-refractivity contribution in [3.05, 3.63) is 35.6 Å². The summed E-state index contributed by atoms with van der Waals surface area (Å²) in [5.41, 5.74) is 1.03. The van der Waals surface area contributed by atoms with Crippen LogP contribution in [0.1, 0.15) is 51.1 Å². The van der Waals surface area contributed by atoms with E-state index in [9.17, 15) is 4.39 Å². The van der Waals surface area contributed by atoms with Gasteiger partial charge in [0, 0.05) is 6.04 Å². The van der Waals surface area contributed by atoms with Gasteiger partial charge in [0.2, 0.25) is 0 Å². The highest BCUT2D eigenvalue weighted by Crippen LogP contribution is 2.23. The van der Waals surface area contributed by atoms with Crippen LogP contribution in [0.25, 0.3) is 0 Å². The number of rotatable bonds is 3. The van der Waals surface area contributed by atoms with E-state index in [-0.39, 0.29) is 11.9 Å². The second-order valence-electron chi connectivity index (χ2n) is 5.76. The van der Waals surface area contributed by atoms with Crippen LogP contribution in [0.3, 0.4) is 0 Å². The number of hydrogen-bond acceptors (Lipinski definition) is 1. The molecule has 2 nitrogen and oxygen atoms in total. The summed E-state index contributed by atoms with van der Waals surface area (Å²) >= 11 is 5.39. The molecular formula is C16H23FN2S. The van der Waals surface area contributed by atoms with Gasteiger partial charge in [0.15, 0.2) is 5.11 Å². The summed E-state index contributed by atoms with van der Waals surface area (Å²) in [7, 11) is 0. The molecule has 0 bridgehead atoms. The Morgan fingerprint density at radius 1 is 1.25 bits per heavy atom. The monoisotopic (exact) mass is 294 g/mol. The Morgan fingerprint density at radius 3 is 2.55 bits per heavy atom. The van der Waals surface area contributed by atoms with Gasteiger partial charge in [-0.3, -0.25) is 0 Å². The van der Waals surface area contributed by atoms with E-state index < -0.39 is 0 Å². The van der Waals surface area contributed by atoms with Crippen molar-refractivity contribution in [3.8, 4) is 0 Å². The summed E-state index contributed by atoms with van der Waals surface area (Å²) in [5, 5.41) is 7.40. The van der Waals surface area contributed by atoms with E-state index in [0.29, 0.717) is 17.1 Å². The third kappa shape index (κ3) is 4.17. The van der Waals surface area contributed by atoms with Crippen LogP contribution < -0.4 is 10.6 Å². The summed E-state index contributed by atoms with van der Waals surface area (Å²) < 4.78 is 12.9. The van der Waals surface area contributed by atoms with Crippen molar-refractivity contribution in [3.63, 3.8) is 0 Å². The molecule has 0 aromatic heterocycles. The standard InChI is InChI=1S/C16H23FN2S/c1-11-5-3-4-6-15(11)19-16(20)18-12(2)13-7-9-14(17)10-8-13/h7-12,15H,3-6H2,1-2H3,(H2,18,19,20)/t11-,12+,15+/m1/s1. The zero-order valence-electron chi connectivity index (χ0n) is 12.2. The molecule has 3 atom stereocenters. The van der Waals surface area contributed by atoms with Gasteiger partial charge in [-0.1, -0.05) is 31.9 Å². The maximum Gasteiger partial charge on any atom is 0.166 e. The van der Waals surface area contributed by atoms with E-state index in [1.807, 2.05) is 6.92 Å². The minimum atomic E-state index is -0.210. The van der Waals surface area contributed by atoms with Crippen molar-refractivity contribution in [2.45, 2.75) is 51.6 Å². The Morgan fingerprint density at radius 2 is 1.90 bits per heavy atom. The quantitative estimate of drug-likeness (QED) is 0.826. The highest BCUT2D eigenvalue weighted by atomic mass is 32.1. The van der Waals surface area contributed by atoms with Gasteiger partial charge in [-0.25, -0.2) is 4.39 Å². The highest BCUT2D eigenvalue weighted by Gasteiger charge is 2.22. The predicted molar refractivity (Wildman–Crippen MR) is 85.1 cm³/mol. The van der Waals surface area contributed by atoms with Gasteiger partial charge < -0.3 is 10.6 Å². The van der Waals surface area contributed by atoms with Gasteiger partial charge in [0.25, 0.3) is 0 Å². The third-order valence-electron chi connectivity index (χ3n) is 4.15. The first-order valence-electron chi connectivity index (χ1n) is 7.39. The van der Waals surface area contributed by atoms with Crippen molar-refractivity contribution in [2.75, 3.05) is 0 Å². The van der Waals surface area contributed by atoms with E-state index in [4.69, 9.17) is 12.2 Å². The van der Waals surface area contributed by atoms with Crippen LogP contribution in [0, 0.1) is 11.7 Å². The van der Waals surface area contributed by atoms with Crippen molar-refractivity contribution in [2.24, 2.45) is 5.92 Å². The van der Waals surface area contributed by atoms with E-state index >= 15 is 0 Å². The van der Waals surface area contributed by atoms with Gasteiger partial charge in [-0.2, -0.15) is 0 Å². The fourth-order valence-electron chi connectivity index (χ4n) is 2.77. The predicted octanol–water partition coefficient (Wildman–Crippen LogP) is 3.93. The van der Waals surface area contributed by atoms with Crippen LogP contribution in [0.4, 0.5) is 4.39 Å². The van der Waals surface area contributed by atoms with E-state index in [1.165, 1.54) is 37.8 Å². The molecule has 0 aliphatic heterocycles. The lowest BCUT2D eigenvalue weighted by molar-refractivity contribution is 0.307. The molecule has 1 fully saturated rings. The number of hydrogen-bond donors (Lipinski definition) is 2. The molecule has 0 unspecified atom stereocenters. The van der Waals surface area contributed by atoms with Gasteiger partial charge in [-0.05, 0) is 55.6 Å². The minimum Gasteiger partial charge on any atom is -0.360 e. The lowest BCUT2D eigenvalue weighted by Gasteiger charge is -2.31. The Kier molecular flexibility index (Phi) is 5.35. The molecule has 1 aromatic carbocycles. The molecule has 1 aliphatic carbocycles. The summed E-state index contributed by atoms with van der Waals surface area (Å²) in [5.74, 6) is 0.460. The Hall–Kier alpha value is -1.16. The van der Waals surface area contributed by atoms with Gasteiger partial charge >= 0.3 is 0 Å². The SMILES string of the molecule is C[C@H](NC(=S)N[C@H]1CCCC[C@H]1C)c1ccc(F)cc1. The van der Waals surface area contributed by atoms with E-state index in [0.717, 1.165) is 5.56 Å². The largest absolute Gasteiger partial charge is 0.360 e. The Balaban J connectivity index is 1.85. The molecule has 1 saturated carbocycles. The normalized spacial score (nSPS) is 23.9. The summed E-state index contributed by atoms with van der Waals surface area (Å²) in [6, 6.07) is 7.09. The molecule has 2 N–H and O–H groups in total. The van der Waals surface area contributed by atoms with Crippen LogP contribution in [0.5, 0.6) is 0 Å². The van der Waals surface area contributed by atoms with Gasteiger partial charge in [0.1, 0.15) is 5.82 Å². The van der Waals surface area contributed by atoms with Gasteiger partial charge in [-0.15, -0.1) is 0 Å². The zero-order valence-corrected chi connectivity index (χ0v) is 13.0. The first-order valence-corrected chi connectivity index (χ1v) is 7.79. The second kappa shape index (κ2) is 7.02. The van der Waals surface area contributed by atoms with Crippen LogP contribution in [-0.2, 0) is 0 Å². The lowest BCUT2D eigenvalue weighted by atomic mass is 9.86. The fourth-order valence-corrected chi connectivity index (χ4v) is 3.10. The topological polar surface area (TPSA) is 24.1 Å². The average Bonchev–Trinajstić information content (AvgIpc) is 2.42. The number of benzene rings is 1. The minimum absolute atomic E-state index is 0.0782. The van der Waals surface area contributed by atoms with E-state index in [2.05, 4.69) is 17.6 Å². The molecule has 110 valence electrons. The number of thiocarbonyl (C=S) groups is 1. The van der Waals surface area contributed by atoms with E-state index in [1.54, 1.807) is 12.1 Å². The van der Waals surface area contributed by atoms with Gasteiger partial charge in [0.05, 0.1) is 6.04 Å². The van der Waals surface area contributed by atoms with Crippen LogP contribution in [0.15, 0.2) is 24.3 Å².